The molecule has 9 nitrogen and oxygen atoms in total. The van der Waals surface area contributed by atoms with E-state index in [0.717, 1.165) is 23.5 Å². The molecule has 138 valence electrons. The molecule has 0 unspecified atom stereocenters. The summed E-state index contributed by atoms with van der Waals surface area (Å²) in [5.41, 5.74) is 2.80. The van der Waals surface area contributed by atoms with Crippen LogP contribution in [0.2, 0.25) is 5.02 Å². The van der Waals surface area contributed by atoms with Crippen LogP contribution in [-0.2, 0) is 6.54 Å². The summed E-state index contributed by atoms with van der Waals surface area (Å²) in [7, 11) is 0. The Labute approximate surface area is 159 Å². The Balaban J connectivity index is 1.42. The van der Waals surface area contributed by atoms with Crippen molar-refractivity contribution in [3.05, 3.63) is 58.9 Å². The molecule has 0 amide bonds. The normalized spacial score (nSPS) is 13.2. The Kier molecular flexibility index (Phi) is 4.75. The fourth-order valence-corrected chi connectivity index (χ4v) is 2.63. The molecule has 4 rings (SSSR count). The van der Waals surface area contributed by atoms with Gasteiger partial charge in [0.25, 0.3) is 0 Å². The molecule has 4 N–H and O–H groups in total. The van der Waals surface area contributed by atoms with Gasteiger partial charge < -0.3 is 20.5 Å². The van der Waals surface area contributed by atoms with Crippen LogP contribution in [0, 0.1) is 6.92 Å². The van der Waals surface area contributed by atoms with Crippen LogP contribution in [0.3, 0.4) is 0 Å². The number of nitrogens with zero attached hydrogens (tertiary/aromatic N) is 4. The minimum absolute atomic E-state index is 0.395. The lowest BCUT2D eigenvalue weighted by Crippen LogP contribution is -2.11. The SMILES string of the molecule is Cc1cc(Nc2nc(NCc3cc(C4=CC=CNC4)no3)ncc2Cl)n[nH]1. The van der Waals surface area contributed by atoms with E-state index >= 15 is 0 Å². The van der Waals surface area contributed by atoms with Gasteiger partial charge in [0.2, 0.25) is 5.95 Å². The first-order valence-electron chi connectivity index (χ1n) is 8.28. The zero-order valence-electron chi connectivity index (χ0n) is 14.5. The highest BCUT2D eigenvalue weighted by Gasteiger charge is 2.11. The van der Waals surface area contributed by atoms with Crippen molar-refractivity contribution in [1.29, 1.82) is 0 Å². The van der Waals surface area contributed by atoms with Crippen molar-refractivity contribution < 1.29 is 4.52 Å². The molecule has 1 aliphatic rings. The summed E-state index contributed by atoms with van der Waals surface area (Å²) in [4.78, 5) is 8.56. The molecule has 0 spiro atoms. The third kappa shape index (κ3) is 4.09. The molecule has 27 heavy (non-hydrogen) atoms. The number of aromatic amines is 1. The number of aryl methyl sites for hydroxylation is 1. The van der Waals surface area contributed by atoms with Gasteiger partial charge in [-0.05, 0) is 19.2 Å². The first kappa shape index (κ1) is 17.1. The highest BCUT2D eigenvalue weighted by molar-refractivity contribution is 6.32. The van der Waals surface area contributed by atoms with Crippen molar-refractivity contribution in [2.75, 3.05) is 17.2 Å². The van der Waals surface area contributed by atoms with E-state index in [1.54, 1.807) is 0 Å². The number of dihydropyridines is 1. The van der Waals surface area contributed by atoms with E-state index < -0.39 is 0 Å². The van der Waals surface area contributed by atoms with Gasteiger partial charge in [-0.25, -0.2) is 4.98 Å². The van der Waals surface area contributed by atoms with Crippen LogP contribution in [0.1, 0.15) is 17.1 Å². The number of hydrogen-bond donors (Lipinski definition) is 4. The van der Waals surface area contributed by atoms with Gasteiger partial charge in [-0.15, -0.1) is 0 Å². The molecular formula is C17H17ClN8O. The second-order valence-electron chi connectivity index (χ2n) is 5.92. The van der Waals surface area contributed by atoms with Crippen LogP contribution in [0.4, 0.5) is 17.6 Å². The van der Waals surface area contributed by atoms with Gasteiger partial charge in [0.05, 0.1) is 12.7 Å². The van der Waals surface area contributed by atoms with Crippen molar-refractivity contribution in [2.45, 2.75) is 13.5 Å². The van der Waals surface area contributed by atoms with Gasteiger partial charge in [0.1, 0.15) is 10.7 Å². The fraction of sp³-hybridized carbons (Fsp3) is 0.176. The zero-order chi connectivity index (χ0) is 18.6. The lowest BCUT2D eigenvalue weighted by atomic mass is 10.1. The maximum absolute atomic E-state index is 6.16. The largest absolute Gasteiger partial charge is 0.387 e. The molecule has 4 heterocycles. The Morgan fingerprint density at radius 1 is 1.33 bits per heavy atom. The molecule has 0 bridgehead atoms. The molecule has 0 aromatic carbocycles. The van der Waals surface area contributed by atoms with E-state index in [1.165, 1.54) is 6.20 Å². The molecule has 0 atom stereocenters. The molecule has 0 saturated heterocycles. The predicted molar refractivity (Wildman–Crippen MR) is 103 cm³/mol. The third-order valence-corrected chi connectivity index (χ3v) is 4.09. The summed E-state index contributed by atoms with van der Waals surface area (Å²) in [6, 6.07) is 3.74. The number of H-pyrrole nitrogens is 1. The monoisotopic (exact) mass is 384 g/mol. The zero-order valence-corrected chi connectivity index (χ0v) is 15.2. The fourth-order valence-electron chi connectivity index (χ4n) is 2.49. The molecule has 1 aliphatic heterocycles. The molecule has 10 heteroatoms. The number of rotatable bonds is 6. The van der Waals surface area contributed by atoms with E-state index in [9.17, 15) is 0 Å². The van der Waals surface area contributed by atoms with E-state index in [4.69, 9.17) is 16.1 Å². The van der Waals surface area contributed by atoms with Crippen molar-refractivity contribution in [3.63, 3.8) is 0 Å². The summed E-state index contributed by atoms with van der Waals surface area (Å²) >= 11 is 6.16. The average molecular weight is 385 g/mol. The first-order chi connectivity index (χ1) is 13.2. The Morgan fingerprint density at radius 2 is 2.26 bits per heavy atom. The number of nitrogens with one attached hydrogen (secondary N) is 4. The Morgan fingerprint density at radius 3 is 3.04 bits per heavy atom. The average Bonchev–Trinajstić information content (AvgIpc) is 3.32. The minimum Gasteiger partial charge on any atom is -0.387 e. The highest BCUT2D eigenvalue weighted by atomic mass is 35.5. The van der Waals surface area contributed by atoms with Gasteiger partial charge in [0.15, 0.2) is 17.4 Å². The van der Waals surface area contributed by atoms with Crippen LogP contribution in [0.15, 0.2) is 41.2 Å². The van der Waals surface area contributed by atoms with Crippen LogP contribution in [0.5, 0.6) is 0 Å². The molecule has 0 fully saturated rings. The van der Waals surface area contributed by atoms with Crippen LogP contribution in [0.25, 0.3) is 5.57 Å². The maximum Gasteiger partial charge on any atom is 0.225 e. The number of anilines is 3. The van der Waals surface area contributed by atoms with Crippen molar-refractivity contribution in [3.8, 4) is 0 Å². The minimum atomic E-state index is 0.395. The van der Waals surface area contributed by atoms with E-state index in [1.807, 2.05) is 37.4 Å². The summed E-state index contributed by atoms with van der Waals surface area (Å²) in [5, 5.41) is 20.8. The number of halogens is 1. The lowest BCUT2D eigenvalue weighted by Gasteiger charge is -2.07. The molecule has 0 saturated carbocycles. The van der Waals surface area contributed by atoms with Crippen molar-refractivity contribution >= 4 is 34.8 Å². The van der Waals surface area contributed by atoms with Gasteiger partial charge >= 0.3 is 0 Å². The molecule has 0 aliphatic carbocycles. The third-order valence-electron chi connectivity index (χ3n) is 3.81. The molecule has 3 aromatic heterocycles. The van der Waals surface area contributed by atoms with Crippen LogP contribution < -0.4 is 16.0 Å². The molecule has 3 aromatic rings. The second kappa shape index (κ2) is 7.50. The summed E-state index contributed by atoms with van der Waals surface area (Å²) in [6.45, 7) is 3.03. The topological polar surface area (TPSA) is 117 Å². The molecular weight excluding hydrogens is 368 g/mol. The number of allylic oxidation sites excluding steroid dienone is 2. The van der Waals surface area contributed by atoms with E-state index in [2.05, 4.69) is 41.3 Å². The van der Waals surface area contributed by atoms with Crippen LogP contribution >= 0.6 is 11.6 Å². The Hall–Kier alpha value is -3.33. The van der Waals surface area contributed by atoms with Crippen molar-refractivity contribution in [2.24, 2.45) is 0 Å². The van der Waals surface area contributed by atoms with Crippen molar-refractivity contribution in [1.82, 2.24) is 30.6 Å². The number of hydrogen-bond acceptors (Lipinski definition) is 8. The summed E-state index contributed by atoms with van der Waals surface area (Å²) < 4.78 is 5.38. The van der Waals surface area contributed by atoms with Gasteiger partial charge in [-0.3, -0.25) is 5.10 Å². The quantitative estimate of drug-likeness (QED) is 0.512. The summed E-state index contributed by atoms with van der Waals surface area (Å²) in [6.07, 6.45) is 7.35. The second-order valence-corrected chi connectivity index (χ2v) is 6.32. The standard InChI is InChI=1S/C17H17ClN8O/c1-10-5-15(25-24-10)22-16-13(18)9-21-17(23-16)20-8-12-6-14(26-27-12)11-3-2-4-19-7-11/h2-6,9,19H,7-8H2,1H3,(H3,20,21,22,23,24,25). The smallest absolute Gasteiger partial charge is 0.225 e. The van der Waals surface area contributed by atoms with Gasteiger partial charge in [-0.1, -0.05) is 22.8 Å². The predicted octanol–water partition coefficient (Wildman–Crippen LogP) is 3.01. The highest BCUT2D eigenvalue weighted by Crippen LogP contribution is 2.23. The van der Waals surface area contributed by atoms with Gasteiger partial charge in [-0.2, -0.15) is 10.1 Å². The van der Waals surface area contributed by atoms with Crippen LogP contribution in [-0.4, -0.2) is 31.9 Å². The Bertz CT molecular complexity index is 1010. The first-order valence-corrected chi connectivity index (χ1v) is 8.66. The number of aromatic nitrogens is 5. The maximum atomic E-state index is 6.16. The summed E-state index contributed by atoms with van der Waals surface area (Å²) in [5.74, 6) is 2.18. The molecule has 0 radical (unpaired) electrons. The van der Waals surface area contributed by atoms with E-state index in [0.29, 0.717) is 34.9 Å². The lowest BCUT2D eigenvalue weighted by molar-refractivity contribution is 0.386. The van der Waals surface area contributed by atoms with Gasteiger partial charge in [0, 0.05) is 29.9 Å². The van der Waals surface area contributed by atoms with E-state index in [-0.39, 0.29) is 0 Å².